The maximum absolute atomic E-state index is 12.4. The molecule has 3 rings (SSSR count). The summed E-state index contributed by atoms with van der Waals surface area (Å²) in [6, 6.07) is 14.3. The van der Waals surface area contributed by atoms with Crippen LogP contribution in [0.2, 0.25) is 5.02 Å². The van der Waals surface area contributed by atoms with Crippen LogP contribution in [0.5, 0.6) is 0 Å². The number of rotatable bonds is 8. The predicted octanol–water partition coefficient (Wildman–Crippen LogP) is 4.24. The molecule has 0 bridgehead atoms. The van der Waals surface area contributed by atoms with Gasteiger partial charge in [0.25, 0.3) is 5.91 Å². The Hall–Kier alpha value is -2.86. The van der Waals surface area contributed by atoms with Gasteiger partial charge in [0.2, 0.25) is 5.91 Å². The van der Waals surface area contributed by atoms with Crippen molar-refractivity contribution in [2.75, 3.05) is 6.54 Å². The van der Waals surface area contributed by atoms with Gasteiger partial charge in [-0.05, 0) is 48.7 Å². The number of halogens is 1. The first kappa shape index (κ1) is 20.9. The summed E-state index contributed by atoms with van der Waals surface area (Å²) < 4.78 is 0. The van der Waals surface area contributed by atoms with Crippen molar-refractivity contribution in [2.24, 2.45) is 5.92 Å². The number of fused-ring (bicyclic) bond motifs is 1. The van der Waals surface area contributed by atoms with E-state index in [1.807, 2.05) is 38.1 Å². The standard InChI is InChI=1S/C22H25ClN4O2/c1-14(2)20(21-25-17-6-3-4-7-18(17)26-21)27-19(28)8-5-13-24-22(29)15-9-11-16(23)12-10-15/h3-4,6-7,9-12,14,20H,5,8,13H2,1-2H3,(H,24,29)(H,25,26)(H,27,28)/t20-/m0/s1. The zero-order valence-corrected chi connectivity index (χ0v) is 17.3. The monoisotopic (exact) mass is 412 g/mol. The molecule has 0 saturated carbocycles. The Morgan fingerprint density at radius 2 is 1.83 bits per heavy atom. The Kier molecular flexibility index (Phi) is 6.88. The summed E-state index contributed by atoms with van der Waals surface area (Å²) in [6.07, 6.45) is 0.875. The zero-order valence-electron chi connectivity index (χ0n) is 16.5. The van der Waals surface area contributed by atoms with Gasteiger partial charge in [-0.25, -0.2) is 4.98 Å². The Morgan fingerprint density at radius 1 is 1.10 bits per heavy atom. The number of aromatic amines is 1. The molecule has 152 valence electrons. The van der Waals surface area contributed by atoms with Crippen molar-refractivity contribution in [3.8, 4) is 0 Å². The molecule has 29 heavy (non-hydrogen) atoms. The first-order valence-corrected chi connectivity index (χ1v) is 10.1. The number of amides is 2. The molecule has 0 saturated heterocycles. The number of hydrogen-bond acceptors (Lipinski definition) is 3. The molecule has 2 aromatic carbocycles. The molecule has 3 aromatic rings. The van der Waals surface area contributed by atoms with E-state index in [1.54, 1.807) is 24.3 Å². The second kappa shape index (κ2) is 9.56. The van der Waals surface area contributed by atoms with Crippen LogP contribution in [0.4, 0.5) is 0 Å². The molecular weight excluding hydrogens is 388 g/mol. The van der Waals surface area contributed by atoms with Crippen LogP contribution >= 0.6 is 11.6 Å². The second-order valence-corrected chi connectivity index (χ2v) is 7.73. The van der Waals surface area contributed by atoms with Crippen molar-refractivity contribution >= 4 is 34.4 Å². The van der Waals surface area contributed by atoms with E-state index in [9.17, 15) is 9.59 Å². The van der Waals surface area contributed by atoms with Crippen molar-refractivity contribution in [3.63, 3.8) is 0 Å². The number of benzene rings is 2. The molecule has 0 aliphatic heterocycles. The molecule has 0 aliphatic carbocycles. The van der Waals surface area contributed by atoms with Gasteiger partial charge in [0, 0.05) is 23.6 Å². The molecule has 1 heterocycles. The topological polar surface area (TPSA) is 86.9 Å². The quantitative estimate of drug-likeness (QED) is 0.483. The molecule has 7 heteroatoms. The van der Waals surface area contributed by atoms with Gasteiger partial charge in [0.15, 0.2) is 0 Å². The summed E-state index contributed by atoms with van der Waals surface area (Å²) in [5.41, 5.74) is 2.38. The molecule has 0 aliphatic rings. The molecule has 3 N–H and O–H groups in total. The number of nitrogens with zero attached hydrogens (tertiary/aromatic N) is 1. The predicted molar refractivity (Wildman–Crippen MR) is 115 cm³/mol. The van der Waals surface area contributed by atoms with Crippen molar-refractivity contribution < 1.29 is 9.59 Å². The summed E-state index contributed by atoms with van der Waals surface area (Å²) in [4.78, 5) is 32.4. The lowest BCUT2D eigenvalue weighted by atomic mass is 10.0. The fourth-order valence-corrected chi connectivity index (χ4v) is 3.20. The summed E-state index contributed by atoms with van der Waals surface area (Å²) in [5.74, 6) is 0.698. The number of carbonyl (C=O) groups is 2. The lowest BCUT2D eigenvalue weighted by Crippen LogP contribution is -2.33. The van der Waals surface area contributed by atoms with E-state index < -0.39 is 0 Å². The number of hydrogen-bond donors (Lipinski definition) is 3. The van der Waals surface area contributed by atoms with Crippen LogP contribution in [0, 0.1) is 5.92 Å². The molecule has 0 spiro atoms. The van der Waals surface area contributed by atoms with E-state index in [-0.39, 0.29) is 23.8 Å². The zero-order chi connectivity index (χ0) is 20.8. The Labute approximate surface area is 175 Å². The third-order valence-electron chi connectivity index (χ3n) is 4.66. The Balaban J connectivity index is 1.49. The number of para-hydroxylation sites is 2. The van der Waals surface area contributed by atoms with Gasteiger partial charge in [-0.3, -0.25) is 9.59 Å². The largest absolute Gasteiger partial charge is 0.352 e. The van der Waals surface area contributed by atoms with Crippen LogP contribution in [-0.4, -0.2) is 28.3 Å². The fraction of sp³-hybridized carbons (Fsp3) is 0.318. The fourth-order valence-electron chi connectivity index (χ4n) is 3.07. The van der Waals surface area contributed by atoms with Crippen LogP contribution in [0.15, 0.2) is 48.5 Å². The van der Waals surface area contributed by atoms with E-state index in [0.29, 0.717) is 30.0 Å². The minimum absolute atomic E-state index is 0.0649. The van der Waals surface area contributed by atoms with Crippen molar-refractivity contribution in [2.45, 2.75) is 32.7 Å². The van der Waals surface area contributed by atoms with Gasteiger partial charge in [-0.15, -0.1) is 0 Å². The average Bonchev–Trinajstić information content (AvgIpc) is 3.13. The Bertz CT molecular complexity index is 949. The molecule has 0 unspecified atom stereocenters. The van der Waals surface area contributed by atoms with E-state index in [0.717, 1.165) is 16.9 Å². The molecular formula is C22H25ClN4O2. The maximum Gasteiger partial charge on any atom is 0.251 e. The minimum Gasteiger partial charge on any atom is -0.352 e. The summed E-state index contributed by atoms with van der Waals surface area (Å²) >= 11 is 5.83. The SMILES string of the molecule is CC(C)[C@H](NC(=O)CCCNC(=O)c1ccc(Cl)cc1)c1nc2ccccc2[nH]1. The van der Waals surface area contributed by atoms with Crippen molar-refractivity contribution in [1.82, 2.24) is 20.6 Å². The lowest BCUT2D eigenvalue weighted by molar-refractivity contribution is -0.122. The smallest absolute Gasteiger partial charge is 0.251 e. The molecule has 6 nitrogen and oxygen atoms in total. The Morgan fingerprint density at radius 3 is 2.52 bits per heavy atom. The summed E-state index contributed by atoms with van der Waals surface area (Å²) in [6.45, 7) is 4.51. The molecule has 0 fully saturated rings. The number of nitrogens with one attached hydrogen (secondary N) is 3. The average molecular weight is 413 g/mol. The second-order valence-electron chi connectivity index (χ2n) is 7.29. The van der Waals surface area contributed by atoms with E-state index in [2.05, 4.69) is 20.6 Å². The van der Waals surface area contributed by atoms with E-state index >= 15 is 0 Å². The van der Waals surface area contributed by atoms with Gasteiger partial charge in [-0.2, -0.15) is 0 Å². The highest BCUT2D eigenvalue weighted by atomic mass is 35.5. The van der Waals surface area contributed by atoms with Crippen LogP contribution in [0.3, 0.4) is 0 Å². The van der Waals surface area contributed by atoms with Gasteiger partial charge in [-0.1, -0.05) is 37.6 Å². The lowest BCUT2D eigenvalue weighted by Gasteiger charge is -2.20. The number of imidazole rings is 1. The van der Waals surface area contributed by atoms with Gasteiger partial charge < -0.3 is 15.6 Å². The van der Waals surface area contributed by atoms with Crippen LogP contribution in [0.25, 0.3) is 11.0 Å². The summed E-state index contributed by atoms with van der Waals surface area (Å²) in [7, 11) is 0. The van der Waals surface area contributed by atoms with E-state index in [1.165, 1.54) is 0 Å². The summed E-state index contributed by atoms with van der Waals surface area (Å²) in [5, 5.41) is 6.46. The van der Waals surface area contributed by atoms with Crippen LogP contribution < -0.4 is 10.6 Å². The van der Waals surface area contributed by atoms with Crippen molar-refractivity contribution in [3.05, 3.63) is 64.9 Å². The van der Waals surface area contributed by atoms with E-state index in [4.69, 9.17) is 11.6 Å². The van der Waals surface area contributed by atoms with Gasteiger partial charge >= 0.3 is 0 Å². The first-order chi connectivity index (χ1) is 13.9. The molecule has 1 atom stereocenters. The third-order valence-corrected chi connectivity index (χ3v) is 4.91. The molecule has 0 radical (unpaired) electrons. The highest BCUT2D eigenvalue weighted by molar-refractivity contribution is 6.30. The highest BCUT2D eigenvalue weighted by Crippen LogP contribution is 2.22. The van der Waals surface area contributed by atoms with Crippen LogP contribution in [0.1, 0.15) is 48.9 Å². The normalized spacial score (nSPS) is 12.1. The van der Waals surface area contributed by atoms with Crippen LogP contribution in [-0.2, 0) is 4.79 Å². The number of carbonyl (C=O) groups excluding carboxylic acids is 2. The first-order valence-electron chi connectivity index (χ1n) is 9.72. The molecule has 2 amide bonds. The van der Waals surface area contributed by atoms with Crippen molar-refractivity contribution in [1.29, 1.82) is 0 Å². The van der Waals surface area contributed by atoms with Gasteiger partial charge in [0.1, 0.15) is 5.82 Å². The van der Waals surface area contributed by atoms with Gasteiger partial charge in [0.05, 0.1) is 17.1 Å². The maximum atomic E-state index is 12.4. The minimum atomic E-state index is -0.196. The molecule has 1 aromatic heterocycles. The third kappa shape index (κ3) is 5.57. The highest BCUT2D eigenvalue weighted by Gasteiger charge is 2.21. The number of aromatic nitrogens is 2. The number of H-pyrrole nitrogens is 1.